The summed E-state index contributed by atoms with van der Waals surface area (Å²) in [4.78, 5) is 16.6. The van der Waals surface area contributed by atoms with Crippen molar-refractivity contribution in [3.05, 3.63) is 83.1 Å². The lowest BCUT2D eigenvalue weighted by Gasteiger charge is -2.11. The molecule has 4 nitrogen and oxygen atoms in total. The molecule has 0 bridgehead atoms. The molecule has 1 amide bonds. The number of carbonyl (C=O) groups is 1. The molecule has 0 fully saturated rings. The minimum atomic E-state index is -0.959. The SMILES string of the molecule is Cc1cccc(NC(=O)c2ccnc(Nc3ccc(F)c(F)c3)c2)c1C. The monoisotopic (exact) mass is 353 g/mol. The molecule has 1 heterocycles. The molecule has 0 spiro atoms. The van der Waals surface area contributed by atoms with Gasteiger partial charge in [-0.2, -0.15) is 0 Å². The molecule has 26 heavy (non-hydrogen) atoms. The molecule has 2 N–H and O–H groups in total. The molecular weight excluding hydrogens is 336 g/mol. The van der Waals surface area contributed by atoms with Crippen LogP contribution in [0.2, 0.25) is 0 Å². The van der Waals surface area contributed by atoms with E-state index in [1.807, 2.05) is 32.0 Å². The minimum Gasteiger partial charge on any atom is -0.340 e. The maximum Gasteiger partial charge on any atom is 0.255 e. The topological polar surface area (TPSA) is 54.0 Å². The van der Waals surface area contributed by atoms with Gasteiger partial charge in [0, 0.05) is 29.2 Å². The van der Waals surface area contributed by atoms with E-state index in [0.29, 0.717) is 17.1 Å². The van der Waals surface area contributed by atoms with Gasteiger partial charge in [-0.3, -0.25) is 4.79 Å². The van der Waals surface area contributed by atoms with Crippen molar-refractivity contribution in [1.82, 2.24) is 4.98 Å². The summed E-state index contributed by atoms with van der Waals surface area (Å²) in [7, 11) is 0. The van der Waals surface area contributed by atoms with Crippen molar-refractivity contribution in [3.8, 4) is 0 Å². The molecule has 132 valence electrons. The Balaban J connectivity index is 1.79. The van der Waals surface area contributed by atoms with Crippen LogP contribution in [-0.4, -0.2) is 10.9 Å². The average Bonchev–Trinajstić information content (AvgIpc) is 2.62. The number of aromatic nitrogens is 1. The van der Waals surface area contributed by atoms with Crippen LogP contribution in [0.15, 0.2) is 54.7 Å². The predicted molar refractivity (Wildman–Crippen MR) is 97.7 cm³/mol. The number of hydrogen-bond acceptors (Lipinski definition) is 3. The quantitative estimate of drug-likeness (QED) is 0.696. The predicted octanol–water partition coefficient (Wildman–Crippen LogP) is 4.97. The number of carbonyl (C=O) groups excluding carboxylic acids is 1. The number of benzene rings is 2. The summed E-state index contributed by atoms with van der Waals surface area (Å²) in [5, 5.41) is 5.72. The largest absolute Gasteiger partial charge is 0.340 e. The van der Waals surface area contributed by atoms with Gasteiger partial charge in [0.05, 0.1) is 0 Å². The standard InChI is InChI=1S/C20H17F2N3O/c1-12-4-3-5-18(13(12)2)25-20(26)14-8-9-23-19(10-14)24-15-6-7-16(21)17(22)11-15/h3-11H,1-2H3,(H,23,24)(H,25,26). The lowest BCUT2D eigenvalue weighted by molar-refractivity contribution is 0.102. The van der Waals surface area contributed by atoms with Gasteiger partial charge < -0.3 is 10.6 Å². The Morgan fingerprint density at radius 2 is 1.81 bits per heavy atom. The van der Waals surface area contributed by atoms with Gasteiger partial charge in [-0.15, -0.1) is 0 Å². The second-order valence-corrected chi connectivity index (χ2v) is 5.89. The summed E-state index contributed by atoms with van der Waals surface area (Å²) < 4.78 is 26.3. The minimum absolute atomic E-state index is 0.283. The zero-order valence-electron chi connectivity index (χ0n) is 14.3. The first kappa shape index (κ1) is 17.5. The van der Waals surface area contributed by atoms with E-state index in [-0.39, 0.29) is 5.91 Å². The Hall–Kier alpha value is -3.28. The van der Waals surface area contributed by atoms with Gasteiger partial charge in [0.1, 0.15) is 5.82 Å². The molecule has 2 aromatic carbocycles. The Labute approximate surface area is 149 Å². The molecule has 3 rings (SSSR count). The molecule has 0 saturated carbocycles. The second-order valence-electron chi connectivity index (χ2n) is 5.89. The molecule has 0 aliphatic heterocycles. The fourth-order valence-electron chi connectivity index (χ4n) is 2.44. The number of pyridine rings is 1. The van der Waals surface area contributed by atoms with Gasteiger partial charge in [0.15, 0.2) is 11.6 Å². The van der Waals surface area contributed by atoms with Crippen molar-refractivity contribution in [1.29, 1.82) is 0 Å². The van der Waals surface area contributed by atoms with Crippen molar-refractivity contribution >= 4 is 23.1 Å². The van der Waals surface area contributed by atoms with E-state index >= 15 is 0 Å². The van der Waals surface area contributed by atoms with Crippen molar-refractivity contribution in [2.75, 3.05) is 10.6 Å². The summed E-state index contributed by atoms with van der Waals surface area (Å²) in [6.45, 7) is 3.91. The molecule has 0 aliphatic rings. The van der Waals surface area contributed by atoms with E-state index in [2.05, 4.69) is 15.6 Å². The summed E-state index contributed by atoms with van der Waals surface area (Å²) in [5.74, 6) is -1.82. The zero-order chi connectivity index (χ0) is 18.7. The molecule has 0 aliphatic carbocycles. The van der Waals surface area contributed by atoms with Crippen LogP contribution in [-0.2, 0) is 0 Å². The van der Waals surface area contributed by atoms with E-state index in [1.165, 1.54) is 12.3 Å². The summed E-state index contributed by atoms with van der Waals surface area (Å²) in [6.07, 6.45) is 1.47. The lowest BCUT2D eigenvalue weighted by Crippen LogP contribution is -2.13. The number of rotatable bonds is 4. The number of hydrogen-bond donors (Lipinski definition) is 2. The van der Waals surface area contributed by atoms with Crippen molar-refractivity contribution < 1.29 is 13.6 Å². The van der Waals surface area contributed by atoms with Crippen LogP contribution in [0.1, 0.15) is 21.5 Å². The van der Waals surface area contributed by atoms with Crippen molar-refractivity contribution in [2.24, 2.45) is 0 Å². The Bertz CT molecular complexity index is 973. The van der Waals surface area contributed by atoms with Crippen LogP contribution in [0.4, 0.5) is 26.0 Å². The molecular formula is C20H17F2N3O. The van der Waals surface area contributed by atoms with E-state index in [4.69, 9.17) is 0 Å². The smallest absolute Gasteiger partial charge is 0.255 e. The summed E-state index contributed by atoms with van der Waals surface area (Å²) in [6, 6.07) is 12.2. The average molecular weight is 353 g/mol. The first-order valence-electron chi connectivity index (χ1n) is 8.00. The zero-order valence-corrected chi connectivity index (χ0v) is 14.3. The van der Waals surface area contributed by atoms with Crippen LogP contribution in [0.25, 0.3) is 0 Å². The van der Waals surface area contributed by atoms with Gasteiger partial charge in [-0.1, -0.05) is 12.1 Å². The van der Waals surface area contributed by atoms with E-state index in [0.717, 1.165) is 28.9 Å². The Morgan fingerprint density at radius 1 is 1.00 bits per heavy atom. The molecule has 0 atom stereocenters. The van der Waals surface area contributed by atoms with Crippen molar-refractivity contribution in [3.63, 3.8) is 0 Å². The third-order valence-electron chi connectivity index (χ3n) is 4.07. The molecule has 0 radical (unpaired) electrons. The van der Waals surface area contributed by atoms with E-state index in [1.54, 1.807) is 12.1 Å². The van der Waals surface area contributed by atoms with Gasteiger partial charge >= 0.3 is 0 Å². The highest BCUT2D eigenvalue weighted by Crippen LogP contribution is 2.21. The lowest BCUT2D eigenvalue weighted by atomic mass is 10.1. The van der Waals surface area contributed by atoms with Gasteiger partial charge in [-0.25, -0.2) is 13.8 Å². The fraction of sp³-hybridized carbons (Fsp3) is 0.100. The first-order chi connectivity index (χ1) is 12.4. The van der Waals surface area contributed by atoms with Gasteiger partial charge in [-0.05, 0) is 55.3 Å². The first-order valence-corrected chi connectivity index (χ1v) is 8.00. The van der Waals surface area contributed by atoms with Crippen LogP contribution in [0.5, 0.6) is 0 Å². The van der Waals surface area contributed by atoms with Crippen molar-refractivity contribution in [2.45, 2.75) is 13.8 Å². The van der Waals surface area contributed by atoms with E-state index < -0.39 is 11.6 Å². The molecule has 0 unspecified atom stereocenters. The van der Waals surface area contributed by atoms with Gasteiger partial charge in [0.25, 0.3) is 5.91 Å². The third kappa shape index (κ3) is 3.85. The fourth-order valence-corrected chi connectivity index (χ4v) is 2.44. The highest BCUT2D eigenvalue weighted by Gasteiger charge is 2.10. The van der Waals surface area contributed by atoms with Crippen LogP contribution >= 0.6 is 0 Å². The van der Waals surface area contributed by atoms with Crippen LogP contribution in [0.3, 0.4) is 0 Å². The molecule has 3 aromatic rings. The highest BCUT2D eigenvalue weighted by atomic mass is 19.2. The Kier molecular flexibility index (Phi) is 4.93. The molecule has 1 aromatic heterocycles. The number of nitrogens with one attached hydrogen (secondary N) is 2. The number of amides is 1. The van der Waals surface area contributed by atoms with Gasteiger partial charge in [0.2, 0.25) is 0 Å². The molecule has 6 heteroatoms. The molecule has 0 saturated heterocycles. The summed E-state index contributed by atoms with van der Waals surface area (Å²) >= 11 is 0. The van der Waals surface area contributed by atoms with Crippen LogP contribution < -0.4 is 10.6 Å². The second kappa shape index (κ2) is 7.31. The maximum absolute atomic E-state index is 13.3. The number of anilines is 3. The highest BCUT2D eigenvalue weighted by molar-refractivity contribution is 6.05. The summed E-state index contributed by atoms with van der Waals surface area (Å²) in [5.41, 5.74) is 3.55. The number of nitrogens with zero attached hydrogens (tertiary/aromatic N) is 1. The number of halogens is 2. The normalized spacial score (nSPS) is 10.5. The third-order valence-corrected chi connectivity index (χ3v) is 4.07. The Morgan fingerprint density at radius 3 is 2.58 bits per heavy atom. The van der Waals surface area contributed by atoms with Crippen LogP contribution in [0, 0.1) is 25.5 Å². The van der Waals surface area contributed by atoms with E-state index in [9.17, 15) is 13.6 Å². The maximum atomic E-state index is 13.3. The number of aryl methyl sites for hydroxylation is 1.